The van der Waals surface area contributed by atoms with Gasteiger partial charge in [-0.25, -0.2) is 4.79 Å². The third-order valence-electron chi connectivity index (χ3n) is 2.22. The fourth-order valence-corrected chi connectivity index (χ4v) is 1.27. The number of tetrazole rings is 1. The molecular formula is C9H14N6O. The van der Waals surface area contributed by atoms with E-state index < -0.39 is 0 Å². The van der Waals surface area contributed by atoms with Crippen molar-refractivity contribution >= 4 is 0 Å². The first kappa shape index (κ1) is 10.6. The van der Waals surface area contributed by atoms with Crippen LogP contribution in [0.15, 0.2) is 17.2 Å². The molecule has 0 bridgehead atoms. The molecule has 0 aliphatic heterocycles. The molecule has 0 amide bonds. The van der Waals surface area contributed by atoms with Gasteiger partial charge < -0.3 is 0 Å². The lowest BCUT2D eigenvalue weighted by atomic mass is 10.1. The fourth-order valence-electron chi connectivity index (χ4n) is 1.27. The lowest BCUT2D eigenvalue weighted by Gasteiger charge is -2.18. The molecule has 0 aliphatic rings. The molecule has 0 saturated heterocycles. The van der Waals surface area contributed by atoms with Crippen LogP contribution < -0.4 is 5.69 Å². The van der Waals surface area contributed by atoms with Crippen LogP contribution in [0.1, 0.15) is 20.8 Å². The Labute approximate surface area is 92.3 Å². The van der Waals surface area contributed by atoms with Crippen molar-refractivity contribution in [3.8, 4) is 5.69 Å². The maximum atomic E-state index is 11.6. The van der Waals surface area contributed by atoms with Gasteiger partial charge in [0.1, 0.15) is 5.69 Å². The molecule has 2 heterocycles. The first-order chi connectivity index (χ1) is 7.39. The van der Waals surface area contributed by atoms with Gasteiger partial charge in [-0.05, 0) is 31.2 Å². The van der Waals surface area contributed by atoms with E-state index in [1.54, 1.807) is 24.1 Å². The van der Waals surface area contributed by atoms with Crippen LogP contribution in [0.25, 0.3) is 5.69 Å². The van der Waals surface area contributed by atoms with Gasteiger partial charge >= 0.3 is 5.69 Å². The standard InChI is InChI=1S/C9H14N6O/c1-9(2,3)14-6-7(5-10-14)15-8(16)13(4)11-12-15/h5-6H,1-4H3. The van der Waals surface area contributed by atoms with Crippen LogP contribution in [-0.4, -0.2) is 29.6 Å². The molecule has 0 saturated carbocycles. The summed E-state index contributed by atoms with van der Waals surface area (Å²) in [5, 5.41) is 11.6. The van der Waals surface area contributed by atoms with Gasteiger partial charge in [-0.3, -0.25) is 4.68 Å². The summed E-state index contributed by atoms with van der Waals surface area (Å²) < 4.78 is 4.17. The van der Waals surface area contributed by atoms with Gasteiger partial charge in [-0.1, -0.05) is 0 Å². The van der Waals surface area contributed by atoms with E-state index in [1.165, 1.54) is 9.36 Å². The minimum absolute atomic E-state index is 0.121. The molecule has 0 spiro atoms. The molecule has 7 heteroatoms. The quantitative estimate of drug-likeness (QED) is 0.676. The molecule has 0 atom stereocenters. The van der Waals surface area contributed by atoms with E-state index in [9.17, 15) is 4.79 Å². The van der Waals surface area contributed by atoms with Crippen LogP contribution in [0, 0.1) is 0 Å². The van der Waals surface area contributed by atoms with Crippen LogP contribution in [0.2, 0.25) is 0 Å². The lowest BCUT2D eigenvalue weighted by molar-refractivity contribution is 0.355. The van der Waals surface area contributed by atoms with Crippen molar-refractivity contribution in [2.75, 3.05) is 0 Å². The highest BCUT2D eigenvalue weighted by molar-refractivity contribution is 5.22. The van der Waals surface area contributed by atoms with Crippen molar-refractivity contribution in [3.05, 3.63) is 22.9 Å². The zero-order chi connectivity index (χ0) is 11.9. The maximum absolute atomic E-state index is 11.6. The highest BCUT2D eigenvalue weighted by atomic mass is 16.2. The summed E-state index contributed by atoms with van der Waals surface area (Å²) in [5.74, 6) is 0. The molecule has 0 unspecified atom stereocenters. The molecule has 2 aromatic heterocycles. The van der Waals surface area contributed by atoms with Crippen LogP contribution in [0.3, 0.4) is 0 Å². The van der Waals surface area contributed by atoms with Gasteiger partial charge in [0.25, 0.3) is 0 Å². The molecule has 0 fully saturated rings. The van der Waals surface area contributed by atoms with Crippen LogP contribution in [0.4, 0.5) is 0 Å². The molecule has 7 nitrogen and oxygen atoms in total. The highest BCUT2D eigenvalue weighted by Gasteiger charge is 2.16. The van der Waals surface area contributed by atoms with E-state index in [0.717, 1.165) is 0 Å². The number of aromatic nitrogens is 6. The summed E-state index contributed by atoms with van der Waals surface area (Å²) in [6, 6.07) is 0. The summed E-state index contributed by atoms with van der Waals surface area (Å²) in [4.78, 5) is 11.6. The normalized spacial score (nSPS) is 12.0. The molecule has 0 aliphatic carbocycles. The topological polar surface area (TPSA) is 70.5 Å². The van der Waals surface area contributed by atoms with Crippen molar-refractivity contribution in [1.82, 2.24) is 29.6 Å². The monoisotopic (exact) mass is 222 g/mol. The number of hydrogen-bond donors (Lipinski definition) is 0. The maximum Gasteiger partial charge on any atom is 0.368 e. The Bertz CT molecular complexity index is 555. The summed E-state index contributed by atoms with van der Waals surface area (Å²) in [6.07, 6.45) is 3.37. The SMILES string of the molecule is Cn1nnn(-c2cnn(C(C)(C)C)c2)c1=O. The molecule has 86 valence electrons. The van der Waals surface area contributed by atoms with E-state index in [0.29, 0.717) is 5.69 Å². The second-order valence-electron chi connectivity index (χ2n) is 4.61. The number of rotatable bonds is 1. The molecular weight excluding hydrogens is 208 g/mol. The highest BCUT2D eigenvalue weighted by Crippen LogP contribution is 2.13. The van der Waals surface area contributed by atoms with E-state index >= 15 is 0 Å². The number of nitrogens with zero attached hydrogens (tertiary/aromatic N) is 6. The molecule has 2 aromatic rings. The first-order valence-corrected chi connectivity index (χ1v) is 4.94. The summed E-state index contributed by atoms with van der Waals surface area (Å²) in [5.41, 5.74) is 0.214. The van der Waals surface area contributed by atoms with Crippen LogP contribution >= 0.6 is 0 Å². The van der Waals surface area contributed by atoms with Crippen molar-refractivity contribution < 1.29 is 0 Å². The van der Waals surface area contributed by atoms with Crippen LogP contribution in [0.5, 0.6) is 0 Å². The number of hydrogen-bond acceptors (Lipinski definition) is 4. The van der Waals surface area contributed by atoms with Crippen LogP contribution in [-0.2, 0) is 12.6 Å². The minimum atomic E-state index is -0.284. The Morgan fingerprint density at radius 1 is 1.25 bits per heavy atom. The largest absolute Gasteiger partial charge is 0.368 e. The third-order valence-corrected chi connectivity index (χ3v) is 2.22. The van der Waals surface area contributed by atoms with E-state index in [4.69, 9.17) is 0 Å². The van der Waals surface area contributed by atoms with Gasteiger partial charge in [0.05, 0.1) is 17.9 Å². The van der Waals surface area contributed by atoms with Gasteiger partial charge in [-0.2, -0.15) is 14.5 Å². The Morgan fingerprint density at radius 2 is 1.94 bits per heavy atom. The Morgan fingerprint density at radius 3 is 2.38 bits per heavy atom. The predicted octanol–water partition coefficient (Wildman–Crippen LogP) is -0.0825. The average molecular weight is 222 g/mol. The second kappa shape index (κ2) is 3.29. The van der Waals surface area contributed by atoms with Gasteiger partial charge in [0.2, 0.25) is 0 Å². The predicted molar refractivity (Wildman–Crippen MR) is 57.4 cm³/mol. The smallest absolute Gasteiger partial charge is 0.265 e. The van der Waals surface area contributed by atoms with E-state index in [1.807, 2.05) is 20.8 Å². The summed E-state index contributed by atoms with van der Waals surface area (Å²) in [6.45, 7) is 6.09. The molecule has 0 aromatic carbocycles. The fraction of sp³-hybridized carbons (Fsp3) is 0.556. The van der Waals surface area contributed by atoms with Gasteiger partial charge in [0, 0.05) is 7.05 Å². The Kier molecular flexibility index (Phi) is 2.18. The Hall–Kier alpha value is -1.92. The Balaban J connectivity index is 2.47. The molecule has 16 heavy (non-hydrogen) atoms. The van der Waals surface area contributed by atoms with Crippen molar-refractivity contribution in [3.63, 3.8) is 0 Å². The second-order valence-corrected chi connectivity index (χ2v) is 4.61. The molecule has 0 N–H and O–H groups in total. The van der Waals surface area contributed by atoms with Gasteiger partial charge in [-0.15, -0.1) is 0 Å². The van der Waals surface area contributed by atoms with Crippen molar-refractivity contribution in [1.29, 1.82) is 0 Å². The summed E-state index contributed by atoms with van der Waals surface area (Å²) >= 11 is 0. The average Bonchev–Trinajstić information content (AvgIpc) is 2.74. The van der Waals surface area contributed by atoms with E-state index in [-0.39, 0.29) is 11.2 Å². The minimum Gasteiger partial charge on any atom is -0.265 e. The van der Waals surface area contributed by atoms with Gasteiger partial charge in [0.15, 0.2) is 0 Å². The van der Waals surface area contributed by atoms with Crippen molar-refractivity contribution in [2.45, 2.75) is 26.3 Å². The molecule has 2 rings (SSSR count). The lowest BCUT2D eigenvalue weighted by Crippen LogP contribution is -2.23. The van der Waals surface area contributed by atoms with E-state index in [2.05, 4.69) is 15.5 Å². The summed E-state index contributed by atoms with van der Waals surface area (Å²) in [7, 11) is 1.56. The third kappa shape index (κ3) is 1.64. The zero-order valence-corrected chi connectivity index (χ0v) is 9.75. The molecule has 0 radical (unpaired) electrons. The van der Waals surface area contributed by atoms with Crippen molar-refractivity contribution in [2.24, 2.45) is 7.05 Å². The number of aryl methyl sites for hydroxylation is 1. The zero-order valence-electron chi connectivity index (χ0n) is 9.75. The first-order valence-electron chi connectivity index (χ1n) is 4.94.